The van der Waals surface area contributed by atoms with E-state index < -0.39 is 0 Å². The van der Waals surface area contributed by atoms with E-state index in [0.29, 0.717) is 0 Å². The fourth-order valence-electron chi connectivity index (χ4n) is 2.11. The Morgan fingerprint density at radius 2 is 2.08 bits per heavy atom. The molecule has 0 heteroatoms. The maximum atomic E-state index is 4.05. The summed E-state index contributed by atoms with van der Waals surface area (Å²) in [4.78, 5) is 0. The second-order valence-electron chi connectivity index (χ2n) is 4.76. The second-order valence-corrected chi connectivity index (χ2v) is 4.76. The van der Waals surface area contributed by atoms with Crippen LogP contribution < -0.4 is 0 Å². The van der Waals surface area contributed by atoms with Gasteiger partial charge in [-0.1, -0.05) is 32.4 Å². The average molecular weight is 166 g/mol. The summed E-state index contributed by atoms with van der Waals surface area (Å²) in [6, 6.07) is 0. The van der Waals surface area contributed by atoms with Crippen LogP contribution in [0.1, 0.15) is 46.5 Å². The molecule has 2 atom stereocenters. The minimum Gasteiger partial charge on any atom is -0.0999 e. The molecular weight excluding hydrogens is 144 g/mol. The Hall–Kier alpha value is -0.260. The predicted molar refractivity (Wildman–Crippen MR) is 55.1 cm³/mol. The van der Waals surface area contributed by atoms with Gasteiger partial charge in [-0.05, 0) is 43.9 Å². The maximum Gasteiger partial charge on any atom is -0.0180 e. The third kappa shape index (κ3) is 2.36. The predicted octanol–water partition coefficient (Wildman–Crippen LogP) is 4.02. The van der Waals surface area contributed by atoms with Crippen molar-refractivity contribution in [3.63, 3.8) is 0 Å². The summed E-state index contributed by atoms with van der Waals surface area (Å²) < 4.78 is 0. The Morgan fingerprint density at radius 1 is 1.42 bits per heavy atom. The van der Waals surface area contributed by atoms with Crippen LogP contribution in [0.25, 0.3) is 0 Å². The molecule has 0 nitrogen and oxygen atoms in total. The number of rotatable bonds is 4. The molecule has 0 amide bonds. The first kappa shape index (κ1) is 9.83. The zero-order valence-electron chi connectivity index (χ0n) is 8.77. The number of hydrogen-bond acceptors (Lipinski definition) is 0. The van der Waals surface area contributed by atoms with E-state index in [0.717, 1.165) is 17.8 Å². The van der Waals surface area contributed by atoms with Gasteiger partial charge in [-0.25, -0.2) is 0 Å². The van der Waals surface area contributed by atoms with Gasteiger partial charge in [0, 0.05) is 0 Å². The standard InChI is InChI=1S/C12H22/c1-9(2)5-6-11-7-8-12(11)10(3)4/h9,11-12H,3,5-8H2,1-2,4H3. The van der Waals surface area contributed by atoms with Gasteiger partial charge >= 0.3 is 0 Å². The van der Waals surface area contributed by atoms with Crippen molar-refractivity contribution in [3.8, 4) is 0 Å². The molecule has 0 aromatic rings. The summed E-state index contributed by atoms with van der Waals surface area (Å²) in [5.41, 5.74) is 1.41. The highest BCUT2D eigenvalue weighted by molar-refractivity contribution is 5.03. The van der Waals surface area contributed by atoms with E-state index in [-0.39, 0.29) is 0 Å². The SMILES string of the molecule is C=C(C)C1CCC1CCC(C)C. The Morgan fingerprint density at radius 3 is 2.42 bits per heavy atom. The Bertz CT molecular complexity index is 155. The van der Waals surface area contributed by atoms with Crippen LogP contribution in [0.4, 0.5) is 0 Å². The average Bonchev–Trinajstić information content (AvgIpc) is 1.82. The summed E-state index contributed by atoms with van der Waals surface area (Å²) >= 11 is 0. The molecule has 0 aromatic heterocycles. The molecular formula is C12H22. The van der Waals surface area contributed by atoms with Gasteiger partial charge in [-0.3, -0.25) is 0 Å². The van der Waals surface area contributed by atoms with Crippen molar-refractivity contribution < 1.29 is 0 Å². The molecule has 0 N–H and O–H groups in total. The molecule has 0 spiro atoms. The van der Waals surface area contributed by atoms with E-state index in [1.165, 1.54) is 31.3 Å². The van der Waals surface area contributed by atoms with E-state index in [4.69, 9.17) is 0 Å². The first-order valence-corrected chi connectivity index (χ1v) is 5.26. The van der Waals surface area contributed by atoms with Crippen LogP contribution in [0, 0.1) is 17.8 Å². The highest BCUT2D eigenvalue weighted by atomic mass is 14.4. The van der Waals surface area contributed by atoms with Crippen molar-refractivity contribution in [2.75, 3.05) is 0 Å². The largest absolute Gasteiger partial charge is 0.0999 e. The first-order chi connectivity index (χ1) is 5.61. The van der Waals surface area contributed by atoms with Crippen LogP contribution >= 0.6 is 0 Å². The van der Waals surface area contributed by atoms with Crippen LogP contribution in [-0.2, 0) is 0 Å². The Balaban J connectivity index is 2.21. The molecule has 1 saturated carbocycles. The quantitative estimate of drug-likeness (QED) is 0.553. The molecule has 0 aromatic carbocycles. The summed E-state index contributed by atoms with van der Waals surface area (Å²) in [6.45, 7) is 10.9. The molecule has 1 rings (SSSR count). The van der Waals surface area contributed by atoms with Gasteiger partial charge in [-0.15, -0.1) is 0 Å². The van der Waals surface area contributed by atoms with Crippen molar-refractivity contribution in [1.82, 2.24) is 0 Å². The Kier molecular flexibility index (Phi) is 3.37. The van der Waals surface area contributed by atoms with Crippen molar-refractivity contribution >= 4 is 0 Å². The van der Waals surface area contributed by atoms with E-state index in [2.05, 4.69) is 27.4 Å². The van der Waals surface area contributed by atoms with Crippen molar-refractivity contribution in [2.24, 2.45) is 17.8 Å². The van der Waals surface area contributed by atoms with E-state index in [9.17, 15) is 0 Å². The van der Waals surface area contributed by atoms with Crippen LogP contribution in [0.15, 0.2) is 12.2 Å². The molecule has 1 aliphatic rings. The minimum absolute atomic E-state index is 0.865. The lowest BCUT2D eigenvalue weighted by molar-refractivity contribution is 0.190. The van der Waals surface area contributed by atoms with Crippen LogP contribution in [0.2, 0.25) is 0 Å². The molecule has 70 valence electrons. The third-order valence-electron chi connectivity index (χ3n) is 3.17. The number of allylic oxidation sites excluding steroid dienone is 1. The maximum absolute atomic E-state index is 4.05. The lowest BCUT2D eigenvalue weighted by Crippen LogP contribution is -2.26. The summed E-state index contributed by atoms with van der Waals surface area (Å²) in [5.74, 6) is 2.71. The lowest BCUT2D eigenvalue weighted by atomic mass is 9.68. The highest BCUT2D eigenvalue weighted by Gasteiger charge is 2.30. The normalized spacial score (nSPS) is 28.7. The summed E-state index contributed by atoms with van der Waals surface area (Å²) in [7, 11) is 0. The van der Waals surface area contributed by atoms with E-state index in [1.807, 2.05) is 0 Å². The smallest absolute Gasteiger partial charge is 0.0180 e. The topological polar surface area (TPSA) is 0 Å². The zero-order chi connectivity index (χ0) is 9.14. The van der Waals surface area contributed by atoms with E-state index >= 15 is 0 Å². The van der Waals surface area contributed by atoms with Gasteiger partial charge in [0.15, 0.2) is 0 Å². The van der Waals surface area contributed by atoms with Crippen LogP contribution in [0.5, 0.6) is 0 Å². The molecule has 0 radical (unpaired) electrons. The first-order valence-electron chi connectivity index (χ1n) is 5.26. The third-order valence-corrected chi connectivity index (χ3v) is 3.17. The van der Waals surface area contributed by atoms with Gasteiger partial charge < -0.3 is 0 Å². The fraction of sp³-hybridized carbons (Fsp3) is 0.833. The van der Waals surface area contributed by atoms with Gasteiger partial charge in [0.25, 0.3) is 0 Å². The molecule has 0 bridgehead atoms. The van der Waals surface area contributed by atoms with E-state index in [1.54, 1.807) is 0 Å². The molecule has 0 aliphatic heterocycles. The van der Waals surface area contributed by atoms with Crippen LogP contribution in [0.3, 0.4) is 0 Å². The highest BCUT2D eigenvalue weighted by Crippen LogP contribution is 2.41. The Labute approximate surface area is 77.1 Å². The lowest BCUT2D eigenvalue weighted by Gasteiger charge is -2.37. The number of hydrogen-bond donors (Lipinski definition) is 0. The summed E-state index contributed by atoms with van der Waals surface area (Å²) in [6.07, 6.45) is 5.67. The fourth-order valence-corrected chi connectivity index (χ4v) is 2.11. The van der Waals surface area contributed by atoms with Gasteiger partial charge in [0.1, 0.15) is 0 Å². The van der Waals surface area contributed by atoms with Gasteiger partial charge in [0.2, 0.25) is 0 Å². The van der Waals surface area contributed by atoms with Gasteiger partial charge in [0.05, 0.1) is 0 Å². The summed E-state index contributed by atoms with van der Waals surface area (Å²) in [5, 5.41) is 0. The molecule has 12 heavy (non-hydrogen) atoms. The second kappa shape index (κ2) is 4.11. The molecule has 1 aliphatic carbocycles. The molecule has 0 heterocycles. The molecule has 1 fully saturated rings. The van der Waals surface area contributed by atoms with Crippen molar-refractivity contribution in [2.45, 2.75) is 46.5 Å². The van der Waals surface area contributed by atoms with Crippen LogP contribution in [-0.4, -0.2) is 0 Å². The molecule has 2 unspecified atom stereocenters. The monoisotopic (exact) mass is 166 g/mol. The zero-order valence-corrected chi connectivity index (χ0v) is 8.77. The molecule has 0 saturated heterocycles. The van der Waals surface area contributed by atoms with Gasteiger partial charge in [-0.2, -0.15) is 0 Å². The van der Waals surface area contributed by atoms with Crippen molar-refractivity contribution in [1.29, 1.82) is 0 Å². The minimum atomic E-state index is 0.865. The van der Waals surface area contributed by atoms with Crippen molar-refractivity contribution in [3.05, 3.63) is 12.2 Å².